The van der Waals surface area contributed by atoms with Gasteiger partial charge in [0.2, 0.25) is 5.91 Å². The first-order valence-electron chi connectivity index (χ1n) is 6.53. The Labute approximate surface area is 121 Å². The van der Waals surface area contributed by atoms with E-state index < -0.39 is 43.2 Å². The Bertz CT molecular complexity index is 389. The minimum Gasteiger partial charge on any atom is -0.394 e. The number of carbonyl (C=O) groups excluding carboxylic acids is 1. The van der Waals surface area contributed by atoms with Gasteiger partial charge < -0.3 is 30.1 Å². The lowest BCUT2D eigenvalue weighted by Crippen LogP contribution is -2.64. The first-order chi connectivity index (χ1) is 10.0. The maximum atomic E-state index is 11.2. The zero-order valence-electron chi connectivity index (χ0n) is 11.6. The van der Waals surface area contributed by atoms with Crippen LogP contribution in [0.15, 0.2) is 5.11 Å². The van der Waals surface area contributed by atoms with Crippen molar-refractivity contribution in [3.05, 3.63) is 10.4 Å². The Hall–Kier alpha value is -1.42. The maximum absolute atomic E-state index is 11.2. The molecule has 5 atom stereocenters. The van der Waals surface area contributed by atoms with Gasteiger partial charge in [0.05, 0.1) is 6.61 Å². The largest absolute Gasteiger partial charge is 0.394 e. The fourth-order valence-electron chi connectivity index (χ4n) is 1.99. The summed E-state index contributed by atoms with van der Waals surface area (Å²) < 4.78 is 10.7. The van der Waals surface area contributed by atoms with Crippen molar-refractivity contribution in [3.8, 4) is 0 Å². The summed E-state index contributed by atoms with van der Waals surface area (Å²) in [6, 6.07) is -0.959. The Balaban J connectivity index is 2.64. The molecule has 1 saturated heterocycles. The molecular weight excluding hydrogens is 284 g/mol. The minimum atomic E-state index is -1.34. The number of aliphatic hydroxyl groups is 3. The number of nitrogens with one attached hydrogen (secondary N) is 1. The van der Waals surface area contributed by atoms with E-state index in [9.17, 15) is 15.0 Å². The van der Waals surface area contributed by atoms with E-state index in [0.29, 0.717) is 6.42 Å². The van der Waals surface area contributed by atoms with Crippen LogP contribution in [0.25, 0.3) is 10.4 Å². The summed E-state index contributed by atoms with van der Waals surface area (Å²) in [5.41, 5.74) is 8.14. The summed E-state index contributed by atoms with van der Waals surface area (Å²) in [6.07, 6.45) is -4.27. The van der Waals surface area contributed by atoms with E-state index in [2.05, 4.69) is 15.3 Å². The molecule has 0 aromatic heterocycles. The highest BCUT2D eigenvalue weighted by molar-refractivity contribution is 5.73. The number of aliphatic hydroxyl groups excluding tert-OH is 3. The average Bonchev–Trinajstić information content (AvgIpc) is 2.45. The Kier molecular flexibility index (Phi) is 7.37. The highest BCUT2D eigenvalue weighted by atomic mass is 16.7. The van der Waals surface area contributed by atoms with Gasteiger partial charge in [-0.05, 0) is 12.0 Å². The van der Waals surface area contributed by atoms with Crippen molar-refractivity contribution in [1.29, 1.82) is 0 Å². The van der Waals surface area contributed by atoms with Gasteiger partial charge in [0.15, 0.2) is 6.29 Å². The van der Waals surface area contributed by atoms with Gasteiger partial charge in [0.1, 0.15) is 24.4 Å². The van der Waals surface area contributed by atoms with Crippen molar-refractivity contribution in [3.63, 3.8) is 0 Å². The molecule has 0 aromatic carbocycles. The van der Waals surface area contributed by atoms with Gasteiger partial charge in [-0.2, -0.15) is 0 Å². The van der Waals surface area contributed by atoms with Gasteiger partial charge in [-0.1, -0.05) is 5.11 Å². The number of nitrogens with zero attached hydrogens (tertiary/aromatic N) is 3. The van der Waals surface area contributed by atoms with Crippen LogP contribution in [0, 0.1) is 0 Å². The van der Waals surface area contributed by atoms with Gasteiger partial charge in [0, 0.05) is 25.0 Å². The molecule has 0 radical (unpaired) electrons. The standard InChI is InChI=1S/C11H20N4O6/c1-6(17)14-8-10(19)9(18)7(5-16)21-11(8)20-4-2-3-13-15-12/h7-11,16,18-19H,2-5H2,1H3,(H,14,17)/t7?,8?,9-,10?,11-/m1/s1. The van der Waals surface area contributed by atoms with Gasteiger partial charge >= 0.3 is 0 Å². The SMILES string of the molecule is CC(=O)NC1C(O)[C@H](O)C(CO)O[C@H]1OCCCN=[N+]=[N-]. The summed E-state index contributed by atoms with van der Waals surface area (Å²) in [4.78, 5) is 13.8. The Morgan fingerprint density at radius 3 is 2.76 bits per heavy atom. The zero-order valence-corrected chi connectivity index (χ0v) is 11.6. The van der Waals surface area contributed by atoms with Crippen LogP contribution in [0.4, 0.5) is 0 Å². The smallest absolute Gasteiger partial charge is 0.217 e. The molecule has 1 aliphatic heterocycles. The topological polar surface area (TPSA) is 157 Å². The number of ether oxygens (including phenoxy) is 2. The monoisotopic (exact) mass is 304 g/mol. The second-order valence-electron chi connectivity index (χ2n) is 4.61. The van der Waals surface area contributed by atoms with E-state index in [-0.39, 0.29) is 13.2 Å². The summed E-state index contributed by atoms with van der Waals surface area (Å²) >= 11 is 0. The van der Waals surface area contributed by atoms with Gasteiger partial charge in [-0.25, -0.2) is 0 Å². The molecule has 21 heavy (non-hydrogen) atoms. The Morgan fingerprint density at radius 1 is 1.48 bits per heavy atom. The van der Waals surface area contributed by atoms with Crippen LogP contribution in [0.2, 0.25) is 0 Å². The van der Waals surface area contributed by atoms with Crippen molar-refractivity contribution >= 4 is 5.91 Å². The van der Waals surface area contributed by atoms with Crippen LogP contribution >= 0.6 is 0 Å². The predicted octanol–water partition coefficient (Wildman–Crippen LogP) is -1.35. The third-order valence-corrected chi connectivity index (χ3v) is 3.00. The van der Waals surface area contributed by atoms with E-state index in [4.69, 9.17) is 20.1 Å². The fourth-order valence-corrected chi connectivity index (χ4v) is 1.99. The van der Waals surface area contributed by atoms with Gasteiger partial charge in [-0.15, -0.1) is 0 Å². The van der Waals surface area contributed by atoms with Crippen LogP contribution in [0.3, 0.4) is 0 Å². The molecule has 1 fully saturated rings. The molecule has 0 saturated carbocycles. The molecule has 120 valence electrons. The van der Waals surface area contributed by atoms with Crippen molar-refractivity contribution in [2.45, 2.75) is 44.0 Å². The maximum Gasteiger partial charge on any atom is 0.217 e. The summed E-state index contributed by atoms with van der Waals surface area (Å²) in [5, 5.41) is 34.7. The van der Waals surface area contributed by atoms with E-state index in [1.54, 1.807) is 0 Å². The third kappa shape index (κ3) is 5.12. The van der Waals surface area contributed by atoms with Crippen molar-refractivity contribution in [2.75, 3.05) is 19.8 Å². The number of amides is 1. The highest BCUT2D eigenvalue weighted by Gasteiger charge is 2.45. The molecule has 0 bridgehead atoms. The molecule has 1 aliphatic rings. The van der Waals surface area contributed by atoms with Crippen LogP contribution in [-0.2, 0) is 14.3 Å². The number of azide groups is 1. The van der Waals surface area contributed by atoms with Gasteiger partial charge in [-0.3, -0.25) is 4.79 Å². The molecule has 0 aliphatic carbocycles. The third-order valence-electron chi connectivity index (χ3n) is 3.00. The zero-order chi connectivity index (χ0) is 15.8. The highest BCUT2D eigenvalue weighted by Crippen LogP contribution is 2.22. The molecule has 1 heterocycles. The van der Waals surface area contributed by atoms with E-state index in [1.807, 2.05) is 0 Å². The molecule has 10 nitrogen and oxygen atoms in total. The molecule has 3 unspecified atom stereocenters. The van der Waals surface area contributed by atoms with Crippen LogP contribution < -0.4 is 5.32 Å². The van der Waals surface area contributed by atoms with E-state index in [0.717, 1.165) is 0 Å². The summed E-state index contributed by atoms with van der Waals surface area (Å²) in [5.74, 6) is -0.417. The predicted molar refractivity (Wildman–Crippen MR) is 69.9 cm³/mol. The molecular formula is C11H20N4O6. The van der Waals surface area contributed by atoms with Crippen LogP contribution in [-0.4, -0.2) is 71.6 Å². The average molecular weight is 304 g/mol. The minimum absolute atomic E-state index is 0.167. The molecule has 1 rings (SSSR count). The van der Waals surface area contributed by atoms with E-state index in [1.165, 1.54) is 6.92 Å². The van der Waals surface area contributed by atoms with E-state index >= 15 is 0 Å². The van der Waals surface area contributed by atoms with Crippen molar-refractivity contribution in [2.24, 2.45) is 5.11 Å². The molecule has 10 heteroatoms. The van der Waals surface area contributed by atoms with Gasteiger partial charge in [0.25, 0.3) is 0 Å². The normalized spacial score (nSPS) is 32.3. The van der Waals surface area contributed by atoms with Crippen LogP contribution in [0.5, 0.6) is 0 Å². The molecule has 4 N–H and O–H groups in total. The number of carbonyl (C=O) groups is 1. The molecule has 0 aromatic rings. The first-order valence-corrected chi connectivity index (χ1v) is 6.53. The summed E-state index contributed by atoms with van der Waals surface area (Å²) in [7, 11) is 0. The van der Waals surface area contributed by atoms with Crippen molar-refractivity contribution in [1.82, 2.24) is 5.32 Å². The Morgan fingerprint density at radius 2 is 2.19 bits per heavy atom. The fraction of sp³-hybridized carbons (Fsp3) is 0.909. The lowest BCUT2D eigenvalue weighted by molar-refractivity contribution is -0.270. The number of hydrogen-bond acceptors (Lipinski definition) is 7. The number of rotatable bonds is 7. The summed E-state index contributed by atoms with van der Waals surface area (Å²) in [6.45, 7) is 1.17. The molecule has 0 spiro atoms. The first kappa shape index (κ1) is 17.6. The lowest BCUT2D eigenvalue weighted by Gasteiger charge is -2.42. The molecule has 1 amide bonds. The number of hydrogen-bond donors (Lipinski definition) is 4. The van der Waals surface area contributed by atoms with Crippen molar-refractivity contribution < 1.29 is 29.6 Å². The second-order valence-corrected chi connectivity index (χ2v) is 4.61. The lowest BCUT2D eigenvalue weighted by atomic mass is 9.97. The van der Waals surface area contributed by atoms with Crippen LogP contribution in [0.1, 0.15) is 13.3 Å². The quantitative estimate of drug-likeness (QED) is 0.197. The second kappa shape index (κ2) is 8.78.